The van der Waals surface area contributed by atoms with E-state index in [1.54, 1.807) is 0 Å². The standard InChI is InChI=1S/C12H23N3O3S/c1-3-12(11-13)14-5-7-15(8-6-14)19(16,17)10-9-18-4-2/h12H,3-10H2,1-2H3. The molecule has 0 aromatic rings. The lowest BCUT2D eigenvalue weighted by atomic mass is 10.2. The number of hydrogen-bond donors (Lipinski definition) is 0. The molecule has 0 saturated carbocycles. The second-order valence-electron chi connectivity index (χ2n) is 4.50. The first-order chi connectivity index (χ1) is 9.05. The van der Waals surface area contributed by atoms with Crippen LogP contribution in [0, 0.1) is 11.3 Å². The summed E-state index contributed by atoms with van der Waals surface area (Å²) in [6.07, 6.45) is 0.771. The molecular formula is C12H23N3O3S. The van der Waals surface area contributed by atoms with Crippen LogP contribution >= 0.6 is 0 Å². The molecule has 110 valence electrons. The van der Waals surface area contributed by atoms with Gasteiger partial charge in [-0.1, -0.05) is 6.92 Å². The molecule has 1 saturated heterocycles. The molecule has 19 heavy (non-hydrogen) atoms. The van der Waals surface area contributed by atoms with Gasteiger partial charge < -0.3 is 4.74 Å². The molecule has 1 atom stereocenters. The van der Waals surface area contributed by atoms with Crippen LogP contribution in [-0.2, 0) is 14.8 Å². The maximum atomic E-state index is 12.0. The highest BCUT2D eigenvalue weighted by atomic mass is 32.2. The van der Waals surface area contributed by atoms with E-state index in [0.29, 0.717) is 32.8 Å². The first-order valence-corrected chi connectivity index (χ1v) is 8.35. The minimum atomic E-state index is -3.22. The monoisotopic (exact) mass is 289 g/mol. The summed E-state index contributed by atoms with van der Waals surface area (Å²) < 4.78 is 30.7. The zero-order chi connectivity index (χ0) is 14.3. The summed E-state index contributed by atoms with van der Waals surface area (Å²) in [6.45, 7) is 6.77. The molecule has 0 amide bonds. The third kappa shape index (κ3) is 4.73. The molecular weight excluding hydrogens is 266 g/mol. The third-order valence-corrected chi connectivity index (χ3v) is 5.17. The molecule has 1 unspecified atom stereocenters. The SMILES string of the molecule is CCOCCS(=O)(=O)N1CCN(C(C#N)CC)CC1. The van der Waals surface area contributed by atoms with Gasteiger partial charge >= 0.3 is 0 Å². The fourth-order valence-electron chi connectivity index (χ4n) is 2.16. The smallest absolute Gasteiger partial charge is 0.216 e. The summed E-state index contributed by atoms with van der Waals surface area (Å²) >= 11 is 0. The van der Waals surface area contributed by atoms with Crippen molar-refractivity contribution < 1.29 is 13.2 Å². The van der Waals surface area contributed by atoms with E-state index in [1.165, 1.54) is 4.31 Å². The number of sulfonamides is 1. The highest BCUT2D eigenvalue weighted by Gasteiger charge is 2.29. The van der Waals surface area contributed by atoms with E-state index in [2.05, 4.69) is 11.0 Å². The molecule has 1 fully saturated rings. The Kier molecular flexibility index (Phi) is 6.72. The molecule has 0 radical (unpaired) electrons. The van der Waals surface area contributed by atoms with Gasteiger partial charge in [0, 0.05) is 32.8 Å². The lowest BCUT2D eigenvalue weighted by Gasteiger charge is -2.35. The van der Waals surface area contributed by atoms with Crippen molar-refractivity contribution in [2.45, 2.75) is 26.3 Å². The zero-order valence-corrected chi connectivity index (χ0v) is 12.5. The van der Waals surface area contributed by atoms with Gasteiger partial charge in [0.15, 0.2) is 0 Å². The average molecular weight is 289 g/mol. The second-order valence-corrected chi connectivity index (χ2v) is 6.59. The fourth-order valence-corrected chi connectivity index (χ4v) is 3.47. The fraction of sp³-hybridized carbons (Fsp3) is 0.917. The van der Waals surface area contributed by atoms with Crippen LogP contribution in [0.15, 0.2) is 0 Å². The molecule has 0 aromatic carbocycles. The maximum absolute atomic E-state index is 12.0. The molecule has 0 spiro atoms. The molecule has 0 bridgehead atoms. The lowest BCUT2D eigenvalue weighted by molar-refractivity contribution is 0.151. The molecule has 6 nitrogen and oxygen atoms in total. The molecule has 1 heterocycles. The number of rotatable bonds is 7. The Labute approximate surface area is 116 Å². The Balaban J connectivity index is 2.47. The van der Waals surface area contributed by atoms with E-state index in [0.717, 1.165) is 6.42 Å². The summed E-state index contributed by atoms with van der Waals surface area (Å²) in [5.41, 5.74) is 0. The Morgan fingerprint density at radius 2 is 1.89 bits per heavy atom. The number of nitriles is 1. The summed E-state index contributed by atoms with van der Waals surface area (Å²) in [7, 11) is -3.22. The number of nitrogens with zero attached hydrogens (tertiary/aromatic N) is 3. The van der Waals surface area contributed by atoms with Crippen molar-refractivity contribution in [2.75, 3.05) is 45.1 Å². The van der Waals surface area contributed by atoms with Crippen molar-refractivity contribution in [2.24, 2.45) is 0 Å². The van der Waals surface area contributed by atoms with Gasteiger partial charge in [-0.15, -0.1) is 0 Å². The summed E-state index contributed by atoms with van der Waals surface area (Å²) in [5, 5.41) is 9.01. The van der Waals surface area contributed by atoms with E-state index in [-0.39, 0.29) is 18.4 Å². The van der Waals surface area contributed by atoms with Crippen molar-refractivity contribution in [3.8, 4) is 6.07 Å². The van der Waals surface area contributed by atoms with Crippen LogP contribution in [0.25, 0.3) is 0 Å². The third-order valence-electron chi connectivity index (χ3n) is 3.33. The van der Waals surface area contributed by atoms with E-state index in [9.17, 15) is 8.42 Å². The Morgan fingerprint density at radius 3 is 2.37 bits per heavy atom. The maximum Gasteiger partial charge on any atom is 0.216 e. The first kappa shape index (κ1) is 16.4. The normalized spacial score (nSPS) is 20.1. The Morgan fingerprint density at radius 1 is 1.26 bits per heavy atom. The minimum absolute atomic E-state index is 0.0380. The predicted octanol–water partition coefficient (Wildman–Crippen LogP) is 0.272. The van der Waals surface area contributed by atoms with Crippen LogP contribution in [0.1, 0.15) is 20.3 Å². The average Bonchev–Trinajstić information content (AvgIpc) is 2.41. The molecule has 1 aliphatic rings. The minimum Gasteiger partial charge on any atom is -0.381 e. The van der Waals surface area contributed by atoms with Crippen LogP contribution in [0.3, 0.4) is 0 Å². The van der Waals surface area contributed by atoms with Crippen molar-refractivity contribution in [3.05, 3.63) is 0 Å². The first-order valence-electron chi connectivity index (χ1n) is 6.74. The largest absolute Gasteiger partial charge is 0.381 e. The molecule has 0 aliphatic carbocycles. The molecule has 1 rings (SSSR count). The predicted molar refractivity (Wildman–Crippen MR) is 73.1 cm³/mol. The summed E-state index contributed by atoms with van der Waals surface area (Å²) in [5.74, 6) is 0.0380. The summed E-state index contributed by atoms with van der Waals surface area (Å²) in [6, 6.07) is 2.15. The Hall–Kier alpha value is -0.680. The van der Waals surface area contributed by atoms with Crippen molar-refractivity contribution >= 4 is 10.0 Å². The van der Waals surface area contributed by atoms with Crippen molar-refractivity contribution in [1.82, 2.24) is 9.21 Å². The molecule has 1 aliphatic heterocycles. The second kappa shape index (κ2) is 7.80. The van der Waals surface area contributed by atoms with Gasteiger partial charge in [-0.2, -0.15) is 9.57 Å². The lowest BCUT2D eigenvalue weighted by Crippen LogP contribution is -2.52. The van der Waals surface area contributed by atoms with Crippen molar-refractivity contribution in [1.29, 1.82) is 5.26 Å². The number of ether oxygens (including phenoxy) is 1. The summed E-state index contributed by atoms with van der Waals surface area (Å²) in [4.78, 5) is 2.05. The van der Waals surface area contributed by atoms with Crippen LogP contribution < -0.4 is 0 Å². The number of hydrogen-bond acceptors (Lipinski definition) is 5. The van der Waals surface area contributed by atoms with Gasteiger partial charge in [-0.25, -0.2) is 8.42 Å². The molecule has 7 heteroatoms. The van der Waals surface area contributed by atoms with Crippen LogP contribution in [0.2, 0.25) is 0 Å². The van der Waals surface area contributed by atoms with Gasteiger partial charge in [0.2, 0.25) is 10.0 Å². The highest BCUT2D eigenvalue weighted by molar-refractivity contribution is 7.89. The van der Waals surface area contributed by atoms with Gasteiger partial charge in [0.25, 0.3) is 0 Å². The molecule has 0 N–H and O–H groups in total. The van der Waals surface area contributed by atoms with Gasteiger partial charge in [-0.05, 0) is 13.3 Å². The van der Waals surface area contributed by atoms with Crippen LogP contribution in [-0.4, -0.2) is 68.8 Å². The zero-order valence-electron chi connectivity index (χ0n) is 11.7. The Bertz CT molecular complexity index is 397. The van der Waals surface area contributed by atoms with Gasteiger partial charge in [0.05, 0.1) is 24.5 Å². The van der Waals surface area contributed by atoms with E-state index >= 15 is 0 Å². The van der Waals surface area contributed by atoms with Crippen LogP contribution in [0.5, 0.6) is 0 Å². The van der Waals surface area contributed by atoms with Crippen LogP contribution in [0.4, 0.5) is 0 Å². The van der Waals surface area contributed by atoms with E-state index in [1.807, 2.05) is 13.8 Å². The van der Waals surface area contributed by atoms with Gasteiger partial charge in [-0.3, -0.25) is 4.90 Å². The van der Waals surface area contributed by atoms with E-state index in [4.69, 9.17) is 10.00 Å². The van der Waals surface area contributed by atoms with E-state index < -0.39 is 10.0 Å². The number of piperazine rings is 1. The highest BCUT2D eigenvalue weighted by Crippen LogP contribution is 2.12. The molecule has 0 aromatic heterocycles. The topological polar surface area (TPSA) is 73.6 Å². The van der Waals surface area contributed by atoms with Gasteiger partial charge in [0.1, 0.15) is 0 Å². The quantitative estimate of drug-likeness (QED) is 0.629. The van der Waals surface area contributed by atoms with Crippen molar-refractivity contribution in [3.63, 3.8) is 0 Å².